The van der Waals surface area contributed by atoms with Crippen molar-refractivity contribution < 1.29 is 4.42 Å². The standard InChI is InChI=1S/C70H45N5O.C11H9N.2C3H6/c1-44-17-23-65-59(32-44)60-36-51(45-8-2-11-48(33-45)54-14-5-29-71-41-54)18-24-66(60)74(65)57-21-27-69-63(39-57)64-40-58(22-28-70(64)76-69)75-67-25-19-52(46-9-3-12-49(34-46)55-15-6-30-72-42-55)37-61(67)62-38-53(20-26-68(62)75)47-10-4-13-50(35-47)56-16-7-31-73-43-56;1-2-5-10(6-3-1)11-7-4-8-12-9-11;2*1-3-2/h2-43H,1H3;1-9H;2*3H,1H2,2H3. The van der Waals surface area contributed by atoms with Gasteiger partial charge in [0.25, 0.3) is 0 Å². The maximum absolute atomic E-state index is 6.65. The first-order chi connectivity index (χ1) is 46.3. The molecule has 94 heavy (non-hydrogen) atoms. The molecule has 7 aromatic heterocycles. The fraction of sp³-hybridized carbons (Fsp3) is 0.0345. The molecule has 0 spiro atoms. The summed E-state index contributed by atoms with van der Waals surface area (Å²) in [6.07, 6.45) is 18.4. The number of aryl methyl sites for hydroxylation is 1. The van der Waals surface area contributed by atoms with E-state index in [2.05, 4.69) is 268 Å². The molecule has 0 radical (unpaired) electrons. The second-order valence-corrected chi connectivity index (χ2v) is 23.2. The van der Waals surface area contributed by atoms with Gasteiger partial charge < -0.3 is 13.6 Å². The lowest BCUT2D eigenvalue weighted by molar-refractivity contribution is 0.669. The summed E-state index contributed by atoms with van der Waals surface area (Å²) >= 11 is 0. The fourth-order valence-electron chi connectivity index (χ4n) is 12.7. The van der Waals surface area contributed by atoms with Crippen LogP contribution in [0.5, 0.6) is 0 Å². The van der Waals surface area contributed by atoms with Crippen LogP contribution < -0.4 is 0 Å². The van der Waals surface area contributed by atoms with Gasteiger partial charge in [-0.3, -0.25) is 19.9 Å². The number of rotatable bonds is 9. The van der Waals surface area contributed by atoms with Gasteiger partial charge in [-0.05, 0) is 209 Å². The van der Waals surface area contributed by atoms with E-state index in [0.717, 1.165) is 117 Å². The molecule has 0 saturated carbocycles. The number of allylic oxidation sites excluding steroid dienone is 2. The van der Waals surface area contributed by atoms with Crippen molar-refractivity contribution >= 4 is 65.6 Å². The highest BCUT2D eigenvalue weighted by molar-refractivity contribution is 6.14. The van der Waals surface area contributed by atoms with Crippen LogP contribution in [0.3, 0.4) is 0 Å². The molecule has 7 heteroatoms. The highest BCUT2D eigenvalue weighted by Crippen LogP contribution is 2.42. The van der Waals surface area contributed by atoms with Crippen molar-refractivity contribution in [2.75, 3.05) is 0 Å². The Labute approximate surface area is 547 Å². The highest BCUT2D eigenvalue weighted by atomic mass is 16.3. The van der Waals surface area contributed by atoms with Gasteiger partial charge in [0.15, 0.2) is 0 Å². The summed E-state index contributed by atoms with van der Waals surface area (Å²) < 4.78 is 11.5. The van der Waals surface area contributed by atoms with Crippen molar-refractivity contribution in [3.63, 3.8) is 0 Å². The zero-order chi connectivity index (χ0) is 63.9. The van der Waals surface area contributed by atoms with E-state index < -0.39 is 0 Å². The molecule has 10 aromatic carbocycles. The number of nitrogens with zero attached hydrogens (tertiary/aromatic N) is 6. The summed E-state index contributed by atoms with van der Waals surface area (Å²) in [7, 11) is 0. The lowest BCUT2D eigenvalue weighted by atomic mass is 9.97. The molecule has 7 nitrogen and oxygen atoms in total. The third kappa shape index (κ3) is 11.9. The summed E-state index contributed by atoms with van der Waals surface area (Å²) in [4.78, 5) is 17.2. The van der Waals surface area contributed by atoms with Crippen molar-refractivity contribution in [2.45, 2.75) is 20.8 Å². The smallest absolute Gasteiger partial charge is 0.135 e. The van der Waals surface area contributed by atoms with Crippen molar-refractivity contribution in [1.82, 2.24) is 29.1 Å². The van der Waals surface area contributed by atoms with Crippen LogP contribution in [0.1, 0.15) is 19.4 Å². The van der Waals surface area contributed by atoms with E-state index in [9.17, 15) is 0 Å². The maximum Gasteiger partial charge on any atom is 0.135 e. The highest BCUT2D eigenvalue weighted by Gasteiger charge is 2.20. The van der Waals surface area contributed by atoms with Crippen LogP contribution in [0.4, 0.5) is 0 Å². The molecule has 0 aliphatic rings. The molecule has 17 aromatic rings. The Bertz CT molecular complexity index is 5370. The second-order valence-electron chi connectivity index (χ2n) is 23.2. The van der Waals surface area contributed by atoms with Crippen LogP contribution >= 0.6 is 0 Å². The number of hydrogen-bond donors (Lipinski definition) is 0. The quantitative estimate of drug-likeness (QED) is 0.135. The average Bonchev–Trinajstić information content (AvgIpc) is 1.61. The Kier molecular flexibility index (Phi) is 16.8. The zero-order valence-corrected chi connectivity index (χ0v) is 52.6. The van der Waals surface area contributed by atoms with E-state index in [0.29, 0.717) is 0 Å². The van der Waals surface area contributed by atoms with Gasteiger partial charge in [-0.2, -0.15) is 0 Å². The van der Waals surface area contributed by atoms with Crippen molar-refractivity contribution in [2.24, 2.45) is 0 Å². The molecule has 0 N–H and O–H groups in total. The number of hydrogen-bond acceptors (Lipinski definition) is 5. The molecular formula is C87H66N6O. The number of aromatic nitrogens is 6. The van der Waals surface area contributed by atoms with Crippen LogP contribution in [0.15, 0.2) is 340 Å². The molecule has 0 unspecified atom stereocenters. The molecule has 17 rings (SSSR count). The molecule has 0 saturated heterocycles. The minimum atomic E-state index is 0.847. The van der Waals surface area contributed by atoms with Crippen LogP contribution in [0.2, 0.25) is 0 Å². The normalized spacial score (nSPS) is 11.0. The van der Waals surface area contributed by atoms with Gasteiger partial charge in [-0.1, -0.05) is 151 Å². The molecule has 0 fully saturated rings. The maximum atomic E-state index is 6.65. The van der Waals surface area contributed by atoms with Crippen molar-refractivity contribution in [1.29, 1.82) is 0 Å². The van der Waals surface area contributed by atoms with Gasteiger partial charge in [0.1, 0.15) is 11.2 Å². The van der Waals surface area contributed by atoms with Gasteiger partial charge in [0, 0.05) is 110 Å². The fourth-order valence-corrected chi connectivity index (χ4v) is 12.7. The monoisotopic (exact) mass is 1210 g/mol. The van der Waals surface area contributed by atoms with Crippen molar-refractivity contribution in [3.05, 3.63) is 341 Å². The largest absolute Gasteiger partial charge is 0.456 e. The molecular weight excluding hydrogens is 1140 g/mol. The molecule has 0 aliphatic carbocycles. The van der Waals surface area contributed by atoms with Crippen LogP contribution in [0, 0.1) is 6.92 Å². The number of furan rings is 1. The van der Waals surface area contributed by atoms with Crippen LogP contribution in [0.25, 0.3) is 155 Å². The van der Waals surface area contributed by atoms with Gasteiger partial charge in [-0.25, -0.2) is 0 Å². The number of pyridine rings is 4. The summed E-state index contributed by atoms with van der Waals surface area (Å²) in [5.74, 6) is 0. The topological polar surface area (TPSA) is 74.6 Å². The summed E-state index contributed by atoms with van der Waals surface area (Å²) in [6, 6.07) is 93.5. The Morgan fingerprint density at radius 3 is 0.926 bits per heavy atom. The Hall–Kier alpha value is -12.3. The van der Waals surface area contributed by atoms with E-state index in [1.807, 2.05) is 99.7 Å². The zero-order valence-electron chi connectivity index (χ0n) is 52.6. The minimum absolute atomic E-state index is 0.847. The Morgan fingerprint density at radius 2 is 0.574 bits per heavy atom. The van der Waals surface area contributed by atoms with Crippen LogP contribution in [-0.4, -0.2) is 29.1 Å². The Morgan fingerprint density at radius 1 is 0.277 bits per heavy atom. The van der Waals surface area contributed by atoms with E-state index in [1.165, 1.54) is 43.8 Å². The predicted molar refractivity (Wildman–Crippen MR) is 395 cm³/mol. The number of fused-ring (bicyclic) bond motifs is 9. The molecule has 450 valence electrons. The minimum Gasteiger partial charge on any atom is -0.456 e. The van der Waals surface area contributed by atoms with E-state index >= 15 is 0 Å². The molecule has 0 aliphatic heterocycles. The molecule has 0 bridgehead atoms. The lowest BCUT2D eigenvalue weighted by Crippen LogP contribution is -1.94. The van der Waals surface area contributed by atoms with E-state index in [1.54, 1.807) is 18.3 Å². The van der Waals surface area contributed by atoms with Crippen LogP contribution in [-0.2, 0) is 0 Å². The van der Waals surface area contributed by atoms with Crippen molar-refractivity contribution in [3.8, 4) is 89.3 Å². The predicted octanol–water partition coefficient (Wildman–Crippen LogP) is 23.4. The average molecular weight is 1210 g/mol. The number of benzene rings is 10. The lowest BCUT2D eigenvalue weighted by Gasteiger charge is -2.10. The molecule has 0 atom stereocenters. The van der Waals surface area contributed by atoms with Gasteiger partial charge in [0.2, 0.25) is 0 Å². The third-order valence-electron chi connectivity index (χ3n) is 17.0. The second kappa shape index (κ2) is 26.6. The SMILES string of the molecule is C=CC.C=CC.Cc1ccc2c(c1)c1cc(-c3cccc(-c4cccnc4)c3)ccc1n2-c1ccc2oc3ccc(-n4c5ccc(-c6cccc(-c7cccnc7)c6)cc5c5cc(-c6cccc(-c7cccnc7)c6)ccc54)cc3c2c1.c1ccc(-c2cccnc2)cc1. The van der Waals surface area contributed by atoms with E-state index in [4.69, 9.17) is 4.42 Å². The Balaban J connectivity index is 0.000000371. The van der Waals surface area contributed by atoms with Gasteiger partial charge in [0.05, 0.1) is 22.1 Å². The van der Waals surface area contributed by atoms with Gasteiger partial charge in [-0.15, -0.1) is 13.2 Å². The first-order valence-electron chi connectivity index (χ1n) is 31.6. The molecule has 7 heterocycles. The summed E-state index contributed by atoms with van der Waals surface area (Å²) in [5, 5.41) is 6.91. The summed E-state index contributed by atoms with van der Waals surface area (Å²) in [6.45, 7) is 12.7. The molecule has 0 amide bonds. The summed E-state index contributed by atoms with van der Waals surface area (Å²) in [5.41, 5.74) is 25.6. The first kappa shape index (κ1) is 59.3. The van der Waals surface area contributed by atoms with E-state index in [-0.39, 0.29) is 0 Å². The van der Waals surface area contributed by atoms with Gasteiger partial charge >= 0.3 is 0 Å². The third-order valence-corrected chi connectivity index (χ3v) is 17.0. The first-order valence-corrected chi connectivity index (χ1v) is 31.6.